The van der Waals surface area contributed by atoms with Crippen molar-refractivity contribution in [2.75, 3.05) is 0 Å². The molecule has 0 unspecified atom stereocenters. The van der Waals surface area contributed by atoms with E-state index in [-0.39, 0.29) is 0 Å². The highest BCUT2D eigenvalue weighted by atomic mass is 79.9. The fourth-order valence-corrected chi connectivity index (χ4v) is 1.17. The molecule has 0 saturated carbocycles. The standard InChI is InChI=1S/C6H6BrN3O/c1-4-9-5(3-8-11)2-6(7)10-4/h2-3,11H,1H3/b8-3+. The van der Waals surface area contributed by atoms with E-state index in [1.165, 1.54) is 6.21 Å². The quantitative estimate of drug-likeness (QED) is 0.333. The molecule has 1 N–H and O–H groups in total. The van der Waals surface area contributed by atoms with Crippen LogP contribution in [0, 0.1) is 6.92 Å². The number of nitrogens with zero attached hydrogens (tertiary/aromatic N) is 3. The van der Waals surface area contributed by atoms with Crippen LogP contribution in [0.4, 0.5) is 0 Å². The first kappa shape index (κ1) is 8.13. The number of hydrogen-bond donors (Lipinski definition) is 1. The Morgan fingerprint density at radius 1 is 1.64 bits per heavy atom. The zero-order valence-electron chi connectivity index (χ0n) is 5.82. The van der Waals surface area contributed by atoms with Crippen LogP contribution in [0.3, 0.4) is 0 Å². The summed E-state index contributed by atoms with van der Waals surface area (Å²) in [7, 11) is 0. The summed E-state index contributed by atoms with van der Waals surface area (Å²) in [6.07, 6.45) is 1.25. The highest BCUT2D eigenvalue weighted by Gasteiger charge is 1.95. The fraction of sp³-hybridized carbons (Fsp3) is 0.167. The molecular weight excluding hydrogens is 210 g/mol. The van der Waals surface area contributed by atoms with Crippen LogP contribution in [-0.4, -0.2) is 21.4 Å². The third-order valence-corrected chi connectivity index (χ3v) is 1.42. The molecule has 0 aromatic carbocycles. The molecule has 0 saturated heterocycles. The highest BCUT2D eigenvalue weighted by Crippen LogP contribution is 2.05. The summed E-state index contributed by atoms with van der Waals surface area (Å²) in [6.45, 7) is 1.76. The zero-order valence-corrected chi connectivity index (χ0v) is 7.41. The molecule has 1 heterocycles. The second-order valence-corrected chi connectivity index (χ2v) is 2.72. The lowest BCUT2D eigenvalue weighted by Crippen LogP contribution is -1.94. The lowest BCUT2D eigenvalue weighted by atomic mass is 10.4. The molecule has 11 heavy (non-hydrogen) atoms. The Morgan fingerprint density at radius 2 is 2.36 bits per heavy atom. The molecule has 0 radical (unpaired) electrons. The summed E-state index contributed by atoms with van der Waals surface area (Å²) < 4.78 is 0.680. The van der Waals surface area contributed by atoms with Crippen molar-refractivity contribution in [3.05, 3.63) is 22.2 Å². The number of oxime groups is 1. The van der Waals surface area contributed by atoms with Crippen molar-refractivity contribution < 1.29 is 5.21 Å². The van der Waals surface area contributed by atoms with Gasteiger partial charge in [0.05, 0.1) is 11.9 Å². The van der Waals surface area contributed by atoms with E-state index < -0.39 is 0 Å². The van der Waals surface area contributed by atoms with Crippen LogP contribution >= 0.6 is 15.9 Å². The summed E-state index contributed by atoms with van der Waals surface area (Å²) >= 11 is 3.19. The average molecular weight is 216 g/mol. The maximum absolute atomic E-state index is 8.20. The van der Waals surface area contributed by atoms with E-state index in [4.69, 9.17) is 5.21 Å². The minimum absolute atomic E-state index is 0.576. The lowest BCUT2D eigenvalue weighted by Gasteiger charge is -1.94. The third-order valence-electron chi connectivity index (χ3n) is 1.02. The van der Waals surface area contributed by atoms with Crippen molar-refractivity contribution in [3.8, 4) is 0 Å². The van der Waals surface area contributed by atoms with Gasteiger partial charge in [-0.25, -0.2) is 9.97 Å². The van der Waals surface area contributed by atoms with Crippen LogP contribution in [0.5, 0.6) is 0 Å². The molecule has 5 heteroatoms. The molecule has 0 aliphatic heterocycles. The Bertz CT molecular complexity index is 267. The van der Waals surface area contributed by atoms with Gasteiger partial charge >= 0.3 is 0 Å². The van der Waals surface area contributed by atoms with E-state index in [0.29, 0.717) is 16.1 Å². The van der Waals surface area contributed by atoms with Crippen LogP contribution in [0.15, 0.2) is 15.8 Å². The Kier molecular flexibility index (Phi) is 2.53. The second kappa shape index (κ2) is 3.43. The van der Waals surface area contributed by atoms with E-state index in [9.17, 15) is 0 Å². The van der Waals surface area contributed by atoms with Gasteiger partial charge < -0.3 is 5.21 Å². The summed E-state index contributed by atoms with van der Waals surface area (Å²) in [5.74, 6) is 0.634. The Morgan fingerprint density at radius 3 is 2.91 bits per heavy atom. The van der Waals surface area contributed by atoms with Gasteiger partial charge in [0.25, 0.3) is 0 Å². The third kappa shape index (κ3) is 2.27. The minimum Gasteiger partial charge on any atom is -0.411 e. The fourth-order valence-electron chi connectivity index (χ4n) is 0.678. The summed E-state index contributed by atoms with van der Waals surface area (Å²) in [5.41, 5.74) is 0.576. The molecule has 0 amide bonds. The van der Waals surface area contributed by atoms with Crippen LogP contribution in [0.1, 0.15) is 11.5 Å². The van der Waals surface area contributed by atoms with Crippen molar-refractivity contribution in [1.82, 2.24) is 9.97 Å². The van der Waals surface area contributed by atoms with Crippen molar-refractivity contribution in [1.29, 1.82) is 0 Å². The van der Waals surface area contributed by atoms with Gasteiger partial charge in [0.1, 0.15) is 10.4 Å². The molecule has 58 valence electrons. The van der Waals surface area contributed by atoms with Gasteiger partial charge in [-0.2, -0.15) is 0 Å². The Labute approximate surface area is 72.1 Å². The molecule has 0 atom stereocenters. The molecule has 0 aliphatic rings. The number of aryl methyl sites for hydroxylation is 1. The van der Waals surface area contributed by atoms with Gasteiger partial charge in [-0.15, -0.1) is 0 Å². The van der Waals surface area contributed by atoms with Gasteiger partial charge in [-0.3, -0.25) is 0 Å². The minimum atomic E-state index is 0.576. The molecule has 0 fully saturated rings. The van der Waals surface area contributed by atoms with Crippen molar-refractivity contribution in [3.63, 3.8) is 0 Å². The number of aromatic nitrogens is 2. The molecule has 4 nitrogen and oxygen atoms in total. The molecule has 0 aliphatic carbocycles. The van der Waals surface area contributed by atoms with E-state index in [2.05, 4.69) is 31.1 Å². The van der Waals surface area contributed by atoms with Gasteiger partial charge in [0.15, 0.2) is 0 Å². The van der Waals surface area contributed by atoms with Crippen LogP contribution in [-0.2, 0) is 0 Å². The molecule has 1 aromatic rings. The average Bonchev–Trinajstić information content (AvgIpc) is 1.85. The van der Waals surface area contributed by atoms with Crippen molar-refractivity contribution >= 4 is 22.1 Å². The van der Waals surface area contributed by atoms with Crippen molar-refractivity contribution in [2.24, 2.45) is 5.16 Å². The first-order valence-corrected chi connectivity index (χ1v) is 3.70. The zero-order chi connectivity index (χ0) is 8.27. The first-order valence-electron chi connectivity index (χ1n) is 2.91. The summed E-state index contributed by atoms with van der Waals surface area (Å²) in [4.78, 5) is 7.95. The van der Waals surface area contributed by atoms with E-state index in [1.807, 2.05) is 0 Å². The normalized spacial score (nSPS) is 10.7. The van der Waals surface area contributed by atoms with E-state index in [0.717, 1.165) is 0 Å². The summed E-state index contributed by atoms with van der Waals surface area (Å²) in [6, 6.07) is 1.66. The topological polar surface area (TPSA) is 58.4 Å². The second-order valence-electron chi connectivity index (χ2n) is 1.91. The van der Waals surface area contributed by atoms with E-state index >= 15 is 0 Å². The predicted octanol–water partition coefficient (Wildman–Crippen LogP) is 1.36. The van der Waals surface area contributed by atoms with E-state index in [1.54, 1.807) is 13.0 Å². The predicted molar refractivity (Wildman–Crippen MR) is 43.8 cm³/mol. The Hall–Kier alpha value is -0.970. The molecule has 0 spiro atoms. The van der Waals surface area contributed by atoms with Crippen molar-refractivity contribution in [2.45, 2.75) is 6.92 Å². The van der Waals surface area contributed by atoms with Gasteiger partial charge in [-0.1, -0.05) is 5.16 Å². The SMILES string of the molecule is Cc1nc(Br)cc(/C=N/O)n1. The van der Waals surface area contributed by atoms with Crippen LogP contribution < -0.4 is 0 Å². The van der Waals surface area contributed by atoms with Gasteiger partial charge in [0.2, 0.25) is 0 Å². The van der Waals surface area contributed by atoms with Gasteiger partial charge in [0, 0.05) is 0 Å². The maximum atomic E-state index is 8.20. The van der Waals surface area contributed by atoms with Crippen LogP contribution in [0.25, 0.3) is 0 Å². The lowest BCUT2D eigenvalue weighted by molar-refractivity contribution is 0.321. The monoisotopic (exact) mass is 215 g/mol. The maximum Gasteiger partial charge on any atom is 0.127 e. The number of hydrogen-bond acceptors (Lipinski definition) is 4. The van der Waals surface area contributed by atoms with Crippen LogP contribution in [0.2, 0.25) is 0 Å². The van der Waals surface area contributed by atoms with Gasteiger partial charge in [-0.05, 0) is 28.9 Å². The largest absolute Gasteiger partial charge is 0.411 e. The summed E-state index contributed by atoms with van der Waals surface area (Å²) in [5, 5.41) is 11.0. The Balaban J connectivity index is 3.08. The smallest absolute Gasteiger partial charge is 0.127 e. The number of rotatable bonds is 1. The first-order chi connectivity index (χ1) is 5.22. The molecule has 0 bridgehead atoms. The molecule has 1 aromatic heterocycles. The number of halogens is 1. The molecule has 1 rings (SSSR count). The molecular formula is C6H6BrN3O. The highest BCUT2D eigenvalue weighted by molar-refractivity contribution is 9.10.